The Balaban J connectivity index is 2.64. The molecule has 0 saturated heterocycles. The first-order valence-corrected chi connectivity index (χ1v) is 7.39. The summed E-state index contributed by atoms with van der Waals surface area (Å²) in [6, 6.07) is 0. The summed E-state index contributed by atoms with van der Waals surface area (Å²) >= 11 is 0. The second-order valence-corrected chi connectivity index (χ2v) is 5.13. The minimum absolute atomic E-state index is 0.0459. The van der Waals surface area contributed by atoms with Crippen LogP contribution in [0.1, 0.15) is 82.9 Å². The highest BCUT2D eigenvalue weighted by Gasteiger charge is 2.38. The zero-order valence-electron chi connectivity index (χ0n) is 12.2. The van der Waals surface area contributed by atoms with Gasteiger partial charge < -0.3 is 4.42 Å². The normalized spacial score (nSPS) is 13.7. The molecule has 3 nitrogen and oxygen atoms in total. The second kappa shape index (κ2) is 8.27. The van der Waals surface area contributed by atoms with Gasteiger partial charge >= 0.3 is 12.1 Å². The van der Waals surface area contributed by atoms with Crippen molar-refractivity contribution < 1.29 is 17.6 Å². The van der Waals surface area contributed by atoms with E-state index in [1.54, 1.807) is 0 Å². The molecule has 1 aromatic heterocycles. The Labute approximate surface area is 118 Å². The summed E-state index contributed by atoms with van der Waals surface area (Å²) in [4.78, 5) is 0. The number of nitrogens with zero attached hydrogens (tertiary/aromatic N) is 2. The number of halogens is 3. The van der Waals surface area contributed by atoms with E-state index in [1.165, 1.54) is 0 Å². The van der Waals surface area contributed by atoms with Gasteiger partial charge in [0.1, 0.15) is 0 Å². The van der Waals surface area contributed by atoms with Crippen LogP contribution in [0.5, 0.6) is 0 Å². The van der Waals surface area contributed by atoms with Gasteiger partial charge in [0.2, 0.25) is 5.89 Å². The Bertz CT molecular complexity index is 377. The quantitative estimate of drug-likeness (QED) is 0.577. The smallest absolute Gasteiger partial charge is 0.417 e. The topological polar surface area (TPSA) is 38.9 Å². The summed E-state index contributed by atoms with van der Waals surface area (Å²) in [5.41, 5.74) is 0. The van der Waals surface area contributed by atoms with E-state index >= 15 is 0 Å². The molecule has 6 heteroatoms. The Morgan fingerprint density at radius 2 is 1.60 bits per heavy atom. The molecule has 0 aliphatic carbocycles. The molecule has 0 amide bonds. The highest BCUT2D eigenvalue weighted by molar-refractivity contribution is 4.93. The monoisotopic (exact) mass is 292 g/mol. The van der Waals surface area contributed by atoms with Crippen LogP contribution in [-0.4, -0.2) is 10.2 Å². The molecule has 0 aliphatic rings. The Morgan fingerprint density at radius 3 is 2.15 bits per heavy atom. The summed E-state index contributed by atoms with van der Waals surface area (Å²) in [6.45, 7) is 4.19. The molecule has 0 aliphatic heterocycles. The summed E-state index contributed by atoms with van der Waals surface area (Å²) in [5, 5.41) is 6.72. The average molecular weight is 292 g/mol. The van der Waals surface area contributed by atoms with Gasteiger partial charge in [-0.3, -0.25) is 0 Å². The van der Waals surface area contributed by atoms with Gasteiger partial charge in [-0.25, -0.2) is 0 Å². The zero-order valence-corrected chi connectivity index (χ0v) is 12.2. The van der Waals surface area contributed by atoms with Crippen LogP contribution >= 0.6 is 0 Å². The van der Waals surface area contributed by atoms with E-state index in [0.717, 1.165) is 51.4 Å². The lowest BCUT2D eigenvalue weighted by Gasteiger charge is -2.12. The highest BCUT2D eigenvalue weighted by Crippen LogP contribution is 2.32. The number of unbranched alkanes of at least 4 members (excludes halogenated alkanes) is 4. The molecule has 0 aromatic carbocycles. The molecule has 0 spiro atoms. The van der Waals surface area contributed by atoms with Crippen molar-refractivity contribution >= 4 is 0 Å². The van der Waals surface area contributed by atoms with Crippen LogP contribution in [-0.2, 0) is 6.18 Å². The van der Waals surface area contributed by atoms with E-state index in [4.69, 9.17) is 4.42 Å². The standard InChI is InChI=1S/C14H23F3N2O/c1-3-5-7-8-10-11(9-6-4-2)12-18-19-13(20-12)14(15,16)17/h11H,3-10H2,1-2H3. The molecule has 1 atom stereocenters. The number of aromatic nitrogens is 2. The van der Waals surface area contributed by atoms with Crippen molar-refractivity contribution in [2.24, 2.45) is 0 Å². The molecular formula is C14H23F3N2O. The molecule has 0 N–H and O–H groups in total. The zero-order chi connectivity index (χ0) is 15.0. The number of rotatable bonds is 9. The minimum Gasteiger partial charge on any atom is -0.417 e. The minimum atomic E-state index is -4.55. The summed E-state index contributed by atoms with van der Waals surface area (Å²) in [7, 11) is 0. The Hall–Kier alpha value is -1.07. The molecule has 0 saturated carbocycles. The largest absolute Gasteiger partial charge is 0.470 e. The fourth-order valence-electron chi connectivity index (χ4n) is 2.17. The predicted molar refractivity (Wildman–Crippen MR) is 70.3 cm³/mol. The third kappa shape index (κ3) is 5.51. The summed E-state index contributed by atoms with van der Waals surface area (Å²) in [6.07, 6.45) is 3.42. The molecule has 1 rings (SSSR count). The lowest BCUT2D eigenvalue weighted by Crippen LogP contribution is -2.05. The number of hydrogen-bond acceptors (Lipinski definition) is 3. The van der Waals surface area contributed by atoms with Gasteiger partial charge in [0.05, 0.1) is 0 Å². The van der Waals surface area contributed by atoms with Gasteiger partial charge in [-0.05, 0) is 12.8 Å². The summed E-state index contributed by atoms with van der Waals surface area (Å²) in [5.74, 6) is -1.14. The molecule has 1 heterocycles. The molecule has 20 heavy (non-hydrogen) atoms. The van der Waals surface area contributed by atoms with Crippen LogP contribution in [0.25, 0.3) is 0 Å². The maximum Gasteiger partial charge on any atom is 0.470 e. The van der Waals surface area contributed by atoms with E-state index in [-0.39, 0.29) is 11.8 Å². The lowest BCUT2D eigenvalue weighted by molar-refractivity contribution is -0.157. The molecule has 116 valence electrons. The van der Waals surface area contributed by atoms with Crippen molar-refractivity contribution in [3.05, 3.63) is 11.8 Å². The van der Waals surface area contributed by atoms with E-state index in [1.807, 2.05) is 0 Å². The Kier molecular flexibility index (Phi) is 7.02. The third-order valence-electron chi connectivity index (χ3n) is 3.34. The van der Waals surface area contributed by atoms with Crippen molar-refractivity contribution in [2.75, 3.05) is 0 Å². The third-order valence-corrected chi connectivity index (χ3v) is 3.34. The van der Waals surface area contributed by atoms with E-state index in [0.29, 0.717) is 0 Å². The fourth-order valence-corrected chi connectivity index (χ4v) is 2.17. The maximum atomic E-state index is 12.5. The van der Waals surface area contributed by atoms with E-state index < -0.39 is 12.1 Å². The van der Waals surface area contributed by atoms with Gasteiger partial charge in [-0.15, -0.1) is 10.2 Å². The Morgan fingerprint density at radius 1 is 0.950 bits per heavy atom. The first-order chi connectivity index (χ1) is 9.49. The van der Waals surface area contributed by atoms with Crippen molar-refractivity contribution in [2.45, 2.75) is 77.3 Å². The molecule has 1 unspecified atom stereocenters. The van der Waals surface area contributed by atoms with Crippen LogP contribution in [0.2, 0.25) is 0 Å². The van der Waals surface area contributed by atoms with Gasteiger partial charge in [-0.2, -0.15) is 13.2 Å². The lowest BCUT2D eigenvalue weighted by atomic mass is 9.95. The van der Waals surface area contributed by atoms with Crippen LogP contribution in [0.3, 0.4) is 0 Å². The van der Waals surface area contributed by atoms with E-state index in [2.05, 4.69) is 24.0 Å². The van der Waals surface area contributed by atoms with Gasteiger partial charge in [0, 0.05) is 5.92 Å². The van der Waals surface area contributed by atoms with Crippen LogP contribution in [0.4, 0.5) is 13.2 Å². The molecule has 1 aromatic rings. The average Bonchev–Trinajstić information content (AvgIpc) is 2.87. The molecule has 0 bridgehead atoms. The van der Waals surface area contributed by atoms with Crippen LogP contribution in [0.15, 0.2) is 4.42 Å². The maximum absolute atomic E-state index is 12.5. The highest BCUT2D eigenvalue weighted by atomic mass is 19.4. The van der Waals surface area contributed by atoms with Crippen molar-refractivity contribution in [3.8, 4) is 0 Å². The fraction of sp³-hybridized carbons (Fsp3) is 0.857. The number of hydrogen-bond donors (Lipinski definition) is 0. The second-order valence-electron chi connectivity index (χ2n) is 5.13. The van der Waals surface area contributed by atoms with Crippen LogP contribution < -0.4 is 0 Å². The van der Waals surface area contributed by atoms with E-state index in [9.17, 15) is 13.2 Å². The SMILES string of the molecule is CCCCCCC(CCCC)c1nnc(C(F)(F)F)o1. The van der Waals surface area contributed by atoms with Crippen molar-refractivity contribution in [1.82, 2.24) is 10.2 Å². The van der Waals surface area contributed by atoms with Gasteiger partial charge in [0.15, 0.2) is 0 Å². The molecular weight excluding hydrogens is 269 g/mol. The van der Waals surface area contributed by atoms with Crippen LogP contribution in [0, 0.1) is 0 Å². The summed E-state index contributed by atoms with van der Waals surface area (Å²) < 4.78 is 42.2. The van der Waals surface area contributed by atoms with Crippen molar-refractivity contribution in [1.29, 1.82) is 0 Å². The van der Waals surface area contributed by atoms with Gasteiger partial charge in [-0.1, -0.05) is 52.4 Å². The first-order valence-electron chi connectivity index (χ1n) is 7.39. The molecule has 0 radical (unpaired) electrons. The first kappa shape index (κ1) is 17.0. The van der Waals surface area contributed by atoms with Gasteiger partial charge in [0.25, 0.3) is 0 Å². The molecule has 0 fully saturated rings. The number of alkyl halides is 3. The predicted octanol–water partition coefficient (Wildman–Crippen LogP) is 5.33. The van der Waals surface area contributed by atoms with Crippen molar-refractivity contribution in [3.63, 3.8) is 0 Å².